The van der Waals surface area contributed by atoms with Gasteiger partial charge < -0.3 is 4.74 Å². The van der Waals surface area contributed by atoms with Crippen LogP contribution in [0.1, 0.15) is 40.7 Å². The van der Waals surface area contributed by atoms with Gasteiger partial charge in [-0.25, -0.2) is 0 Å². The molecule has 3 aromatic carbocycles. The number of ether oxygens (including phenoxy) is 1. The van der Waals surface area contributed by atoms with Crippen LogP contribution in [0, 0.1) is 10.1 Å². The fourth-order valence-electron chi connectivity index (χ4n) is 3.11. The molecule has 0 spiro atoms. The van der Waals surface area contributed by atoms with E-state index in [4.69, 9.17) is 4.74 Å². The molecular formula is C25H23NO5. The van der Waals surface area contributed by atoms with E-state index in [2.05, 4.69) is 0 Å². The van der Waals surface area contributed by atoms with Gasteiger partial charge in [-0.05, 0) is 29.7 Å². The number of Topliss-reactive ketones (excluding diaryl/α,β-unsaturated/α-hetero) is 2. The van der Waals surface area contributed by atoms with Crippen molar-refractivity contribution >= 4 is 17.3 Å². The van der Waals surface area contributed by atoms with Gasteiger partial charge in [0.15, 0.2) is 5.78 Å². The predicted molar refractivity (Wildman–Crippen MR) is 117 cm³/mol. The first-order valence-electron chi connectivity index (χ1n) is 10.1. The normalized spacial score (nSPS) is 10.5. The molecule has 0 saturated carbocycles. The van der Waals surface area contributed by atoms with Crippen LogP contribution >= 0.6 is 0 Å². The van der Waals surface area contributed by atoms with Crippen LogP contribution in [0.15, 0.2) is 78.9 Å². The Hall–Kier alpha value is -3.80. The van der Waals surface area contributed by atoms with E-state index in [1.165, 1.54) is 12.1 Å². The van der Waals surface area contributed by atoms with Gasteiger partial charge in [0.2, 0.25) is 0 Å². The topological polar surface area (TPSA) is 86.5 Å². The van der Waals surface area contributed by atoms with Crippen LogP contribution in [0.4, 0.5) is 5.69 Å². The molecule has 3 rings (SSSR count). The van der Waals surface area contributed by atoms with Crippen molar-refractivity contribution in [3.8, 4) is 5.75 Å². The fourth-order valence-corrected chi connectivity index (χ4v) is 3.11. The van der Waals surface area contributed by atoms with E-state index >= 15 is 0 Å². The Labute approximate surface area is 180 Å². The summed E-state index contributed by atoms with van der Waals surface area (Å²) in [5, 5.41) is 10.7. The maximum atomic E-state index is 12.4. The Kier molecular flexibility index (Phi) is 7.65. The molecule has 0 radical (unpaired) electrons. The molecule has 158 valence electrons. The van der Waals surface area contributed by atoms with Crippen LogP contribution in [0.25, 0.3) is 0 Å². The number of ketones is 2. The first-order chi connectivity index (χ1) is 15.0. The second kappa shape index (κ2) is 10.8. The maximum Gasteiger partial charge on any atom is 0.269 e. The monoisotopic (exact) mass is 417 g/mol. The second-order valence-corrected chi connectivity index (χ2v) is 7.21. The number of hydrogen-bond donors (Lipinski definition) is 0. The van der Waals surface area contributed by atoms with E-state index in [9.17, 15) is 19.7 Å². The fraction of sp³-hybridized carbons (Fsp3) is 0.200. The Morgan fingerprint density at radius 2 is 1.45 bits per heavy atom. The molecule has 0 bridgehead atoms. The Morgan fingerprint density at radius 1 is 0.806 bits per heavy atom. The molecule has 0 fully saturated rings. The summed E-state index contributed by atoms with van der Waals surface area (Å²) in [4.78, 5) is 34.7. The van der Waals surface area contributed by atoms with E-state index in [0.717, 1.165) is 16.9 Å². The molecule has 0 aliphatic carbocycles. The summed E-state index contributed by atoms with van der Waals surface area (Å²) in [7, 11) is 0. The third-order valence-corrected chi connectivity index (χ3v) is 4.83. The number of benzene rings is 3. The molecule has 0 heterocycles. The molecule has 3 aromatic rings. The van der Waals surface area contributed by atoms with Crippen molar-refractivity contribution in [2.75, 3.05) is 0 Å². The third kappa shape index (κ3) is 6.89. The lowest BCUT2D eigenvalue weighted by molar-refractivity contribution is -0.384. The van der Waals surface area contributed by atoms with Gasteiger partial charge in [-0.2, -0.15) is 0 Å². The summed E-state index contributed by atoms with van der Waals surface area (Å²) in [5.74, 6) is 0.801. The zero-order valence-corrected chi connectivity index (χ0v) is 17.0. The van der Waals surface area contributed by atoms with Crippen molar-refractivity contribution in [2.24, 2.45) is 0 Å². The van der Waals surface area contributed by atoms with Crippen LogP contribution in [0.3, 0.4) is 0 Å². The molecule has 6 heteroatoms. The minimum Gasteiger partial charge on any atom is -0.489 e. The van der Waals surface area contributed by atoms with E-state index in [1.54, 1.807) is 24.3 Å². The Balaban J connectivity index is 1.40. The largest absolute Gasteiger partial charge is 0.489 e. The summed E-state index contributed by atoms with van der Waals surface area (Å²) < 4.78 is 5.69. The van der Waals surface area contributed by atoms with E-state index in [0.29, 0.717) is 31.4 Å². The van der Waals surface area contributed by atoms with E-state index in [1.807, 2.05) is 42.5 Å². The Morgan fingerprint density at radius 3 is 2.10 bits per heavy atom. The highest BCUT2D eigenvalue weighted by atomic mass is 16.6. The number of nitro benzene ring substituents is 1. The Bertz CT molecular complexity index is 1030. The number of carbonyl (C=O) groups excluding carboxylic acids is 2. The number of para-hydroxylation sites is 1. The van der Waals surface area contributed by atoms with E-state index < -0.39 is 4.92 Å². The lowest BCUT2D eigenvalue weighted by Crippen LogP contribution is -2.05. The minimum atomic E-state index is -0.472. The molecule has 0 saturated heterocycles. The number of nitrogens with zero attached hydrogens (tertiary/aromatic N) is 1. The summed E-state index contributed by atoms with van der Waals surface area (Å²) in [5.41, 5.74) is 2.32. The van der Waals surface area contributed by atoms with Gasteiger partial charge in [0.25, 0.3) is 5.69 Å². The van der Waals surface area contributed by atoms with Gasteiger partial charge in [-0.15, -0.1) is 0 Å². The molecule has 0 N–H and O–H groups in total. The highest BCUT2D eigenvalue weighted by Gasteiger charge is 2.10. The van der Waals surface area contributed by atoms with E-state index in [-0.39, 0.29) is 23.7 Å². The van der Waals surface area contributed by atoms with Crippen LogP contribution in [0.2, 0.25) is 0 Å². The third-order valence-electron chi connectivity index (χ3n) is 4.83. The molecule has 0 aromatic heterocycles. The molecule has 31 heavy (non-hydrogen) atoms. The zero-order valence-electron chi connectivity index (χ0n) is 17.0. The van der Waals surface area contributed by atoms with Gasteiger partial charge in [-0.3, -0.25) is 19.7 Å². The molecule has 6 nitrogen and oxygen atoms in total. The van der Waals surface area contributed by atoms with Crippen LogP contribution in [-0.4, -0.2) is 16.5 Å². The predicted octanol–water partition coefficient (Wildman–Crippen LogP) is 5.34. The summed E-state index contributed by atoms with van der Waals surface area (Å²) in [6, 6.07) is 22.8. The summed E-state index contributed by atoms with van der Waals surface area (Å²) in [6.07, 6.45) is 1.28. The first-order valence-corrected chi connectivity index (χ1v) is 10.1. The number of nitro groups is 1. The van der Waals surface area contributed by atoms with Crippen molar-refractivity contribution in [3.63, 3.8) is 0 Å². The zero-order chi connectivity index (χ0) is 22.1. The first kappa shape index (κ1) is 21.9. The molecular weight excluding hydrogens is 394 g/mol. The minimum absolute atomic E-state index is 0.000516. The number of rotatable bonds is 11. The number of non-ortho nitro benzene ring substituents is 1. The molecule has 0 amide bonds. The van der Waals surface area contributed by atoms with Gasteiger partial charge in [0, 0.05) is 37.0 Å². The lowest BCUT2D eigenvalue weighted by atomic mass is 10.0. The molecule has 0 unspecified atom stereocenters. The van der Waals surface area contributed by atoms with Crippen molar-refractivity contribution in [3.05, 3.63) is 106 Å². The van der Waals surface area contributed by atoms with Crippen molar-refractivity contribution in [1.29, 1.82) is 0 Å². The molecule has 0 aliphatic heterocycles. The van der Waals surface area contributed by atoms with Gasteiger partial charge >= 0.3 is 0 Å². The quantitative estimate of drug-likeness (QED) is 0.239. The van der Waals surface area contributed by atoms with Crippen LogP contribution in [0.5, 0.6) is 5.75 Å². The standard InChI is InChI=1S/C25H23NO5/c27-23(17-19-11-15-22(16-12-19)26(29)30)5-4-8-25(28)21-13-9-20(10-14-21)18-31-24-6-2-1-3-7-24/h1-3,6-7,9-16H,4-5,8,17-18H2. The van der Waals surface area contributed by atoms with Crippen molar-refractivity contribution in [1.82, 2.24) is 0 Å². The highest BCUT2D eigenvalue weighted by Crippen LogP contribution is 2.15. The van der Waals surface area contributed by atoms with Gasteiger partial charge in [-0.1, -0.05) is 54.6 Å². The number of hydrogen-bond acceptors (Lipinski definition) is 5. The lowest BCUT2D eigenvalue weighted by Gasteiger charge is -2.07. The average molecular weight is 417 g/mol. The summed E-state index contributed by atoms with van der Waals surface area (Å²) in [6.45, 7) is 0.426. The average Bonchev–Trinajstić information content (AvgIpc) is 2.79. The van der Waals surface area contributed by atoms with Gasteiger partial charge in [0.05, 0.1) is 4.92 Å². The van der Waals surface area contributed by atoms with Gasteiger partial charge in [0.1, 0.15) is 18.1 Å². The van der Waals surface area contributed by atoms with Crippen molar-refractivity contribution < 1.29 is 19.2 Å². The smallest absolute Gasteiger partial charge is 0.269 e. The van der Waals surface area contributed by atoms with Crippen molar-refractivity contribution in [2.45, 2.75) is 32.3 Å². The SMILES string of the molecule is O=C(CCCC(=O)c1ccc(COc2ccccc2)cc1)Cc1ccc([N+](=O)[O-])cc1. The highest BCUT2D eigenvalue weighted by molar-refractivity contribution is 5.96. The molecule has 0 aliphatic rings. The molecule has 0 atom stereocenters. The maximum absolute atomic E-state index is 12.4. The van der Waals surface area contributed by atoms with Crippen LogP contribution in [-0.2, 0) is 17.8 Å². The second-order valence-electron chi connectivity index (χ2n) is 7.21. The summed E-state index contributed by atoms with van der Waals surface area (Å²) >= 11 is 0. The van der Waals surface area contributed by atoms with Crippen LogP contribution < -0.4 is 4.74 Å². The number of carbonyl (C=O) groups is 2.